The molecule has 0 aliphatic carbocycles. The number of anilines is 1. The second-order valence-electron chi connectivity index (χ2n) is 4.54. The second kappa shape index (κ2) is 5.45. The van der Waals surface area contributed by atoms with Crippen molar-refractivity contribution < 1.29 is 9.90 Å². The third-order valence-electron chi connectivity index (χ3n) is 3.40. The zero-order valence-electron chi connectivity index (χ0n) is 10.4. The number of carboxylic acids is 1. The van der Waals surface area contributed by atoms with Gasteiger partial charge in [-0.2, -0.15) is 0 Å². The number of carbonyl (C=O) groups is 1. The minimum absolute atomic E-state index is 0. The molecule has 1 aromatic heterocycles. The molecule has 1 saturated heterocycles. The number of para-hydroxylation sites is 1. The molecule has 1 aromatic carbocycles. The summed E-state index contributed by atoms with van der Waals surface area (Å²) >= 11 is 0. The lowest BCUT2D eigenvalue weighted by Crippen LogP contribution is -2.21. The van der Waals surface area contributed by atoms with E-state index in [0.29, 0.717) is 5.56 Å². The molecule has 0 atom stereocenters. The summed E-state index contributed by atoms with van der Waals surface area (Å²) in [7, 11) is 0. The van der Waals surface area contributed by atoms with Crippen LogP contribution in [0.4, 0.5) is 5.69 Å². The summed E-state index contributed by atoms with van der Waals surface area (Å²) in [5, 5.41) is 10.2. The highest BCUT2D eigenvalue weighted by atomic mass is 35.5. The third kappa shape index (κ3) is 2.36. The first kappa shape index (κ1) is 13.6. The summed E-state index contributed by atoms with van der Waals surface area (Å²) in [5.41, 5.74) is 1.98. The van der Waals surface area contributed by atoms with Crippen molar-refractivity contribution in [2.24, 2.45) is 0 Å². The Labute approximate surface area is 117 Å². The molecule has 0 radical (unpaired) electrons. The topological polar surface area (TPSA) is 53.4 Å². The van der Waals surface area contributed by atoms with Gasteiger partial charge in [0, 0.05) is 24.7 Å². The second-order valence-corrected chi connectivity index (χ2v) is 4.54. The Kier molecular flexibility index (Phi) is 3.90. The predicted molar refractivity (Wildman–Crippen MR) is 77.4 cm³/mol. The van der Waals surface area contributed by atoms with Gasteiger partial charge in [-0.1, -0.05) is 18.2 Å². The van der Waals surface area contributed by atoms with Crippen LogP contribution in [0.5, 0.6) is 0 Å². The lowest BCUT2D eigenvalue weighted by atomic mass is 10.1. The van der Waals surface area contributed by atoms with E-state index in [2.05, 4.69) is 9.88 Å². The quantitative estimate of drug-likeness (QED) is 0.918. The van der Waals surface area contributed by atoms with Crippen molar-refractivity contribution in [2.45, 2.75) is 12.8 Å². The van der Waals surface area contributed by atoms with Crippen LogP contribution in [-0.2, 0) is 0 Å². The van der Waals surface area contributed by atoms with Gasteiger partial charge in [0.05, 0.1) is 11.2 Å². The van der Waals surface area contributed by atoms with Gasteiger partial charge in [0.25, 0.3) is 0 Å². The molecule has 2 heterocycles. The monoisotopic (exact) mass is 278 g/mol. The lowest BCUT2D eigenvalue weighted by Gasteiger charge is -2.21. The molecule has 2 aromatic rings. The molecule has 0 unspecified atom stereocenters. The van der Waals surface area contributed by atoms with Gasteiger partial charge in [-0.3, -0.25) is 4.98 Å². The zero-order chi connectivity index (χ0) is 12.5. The van der Waals surface area contributed by atoms with Crippen LogP contribution in [0.2, 0.25) is 0 Å². The molecule has 4 nitrogen and oxygen atoms in total. The van der Waals surface area contributed by atoms with Gasteiger partial charge in [0.2, 0.25) is 0 Å². The van der Waals surface area contributed by atoms with E-state index in [4.69, 9.17) is 0 Å². The van der Waals surface area contributed by atoms with E-state index in [0.717, 1.165) is 42.5 Å². The number of halogens is 1. The highest BCUT2D eigenvalue weighted by molar-refractivity contribution is 6.04. The minimum Gasteiger partial charge on any atom is -0.478 e. The number of carboxylic acid groups (broad SMARTS) is 1. The van der Waals surface area contributed by atoms with Gasteiger partial charge in [-0.25, -0.2) is 4.79 Å². The number of aromatic nitrogens is 1. The van der Waals surface area contributed by atoms with Crippen LogP contribution in [-0.4, -0.2) is 29.1 Å². The Hall–Kier alpha value is -1.81. The first-order valence-electron chi connectivity index (χ1n) is 6.13. The number of benzene rings is 1. The highest BCUT2D eigenvalue weighted by Gasteiger charge is 2.22. The number of nitrogens with zero attached hydrogens (tertiary/aromatic N) is 2. The summed E-state index contributed by atoms with van der Waals surface area (Å²) < 4.78 is 0. The molecule has 0 spiro atoms. The van der Waals surface area contributed by atoms with E-state index < -0.39 is 5.97 Å². The summed E-state index contributed by atoms with van der Waals surface area (Å²) in [5.74, 6) is -0.907. The van der Waals surface area contributed by atoms with Crippen molar-refractivity contribution in [3.8, 4) is 0 Å². The van der Waals surface area contributed by atoms with Gasteiger partial charge < -0.3 is 10.0 Å². The van der Waals surface area contributed by atoms with Crippen LogP contribution >= 0.6 is 12.4 Å². The maximum absolute atomic E-state index is 11.4. The molecule has 1 N–H and O–H groups in total. The van der Waals surface area contributed by atoms with Gasteiger partial charge >= 0.3 is 5.97 Å². The van der Waals surface area contributed by atoms with Crippen LogP contribution in [0.1, 0.15) is 23.2 Å². The molecule has 0 saturated carbocycles. The van der Waals surface area contributed by atoms with Gasteiger partial charge in [0.15, 0.2) is 0 Å². The first-order chi connectivity index (χ1) is 8.77. The summed E-state index contributed by atoms with van der Waals surface area (Å²) in [6, 6.07) is 7.71. The molecule has 1 aliphatic rings. The van der Waals surface area contributed by atoms with Gasteiger partial charge in [-0.05, 0) is 18.9 Å². The molecule has 19 heavy (non-hydrogen) atoms. The van der Waals surface area contributed by atoms with Crippen LogP contribution in [0.15, 0.2) is 30.5 Å². The molecule has 1 aliphatic heterocycles. The van der Waals surface area contributed by atoms with Crippen molar-refractivity contribution in [1.29, 1.82) is 0 Å². The van der Waals surface area contributed by atoms with Crippen LogP contribution < -0.4 is 4.90 Å². The molecule has 0 bridgehead atoms. The summed E-state index contributed by atoms with van der Waals surface area (Å²) in [4.78, 5) is 17.7. The van der Waals surface area contributed by atoms with Crippen LogP contribution in [0.3, 0.4) is 0 Å². The molecule has 0 amide bonds. The van der Waals surface area contributed by atoms with E-state index in [9.17, 15) is 9.90 Å². The summed E-state index contributed by atoms with van der Waals surface area (Å²) in [6.07, 6.45) is 3.71. The SMILES string of the molecule is Cl.O=C(O)c1cnc2ccccc2c1N1CCCC1. The normalized spacial score (nSPS) is 14.4. The third-order valence-corrected chi connectivity index (χ3v) is 3.40. The Bertz CT molecular complexity index is 609. The number of aromatic carboxylic acids is 1. The van der Waals surface area contributed by atoms with Crippen molar-refractivity contribution >= 4 is 35.0 Å². The molecular formula is C14H15ClN2O2. The molecule has 5 heteroatoms. The molecule has 1 fully saturated rings. The molecule has 3 rings (SSSR count). The number of hydrogen-bond donors (Lipinski definition) is 1. The Balaban J connectivity index is 0.00000133. The zero-order valence-corrected chi connectivity index (χ0v) is 11.2. The Morgan fingerprint density at radius 2 is 1.89 bits per heavy atom. The number of pyridine rings is 1. The van der Waals surface area contributed by atoms with Crippen molar-refractivity contribution in [3.05, 3.63) is 36.0 Å². The van der Waals surface area contributed by atoms with Crippen molar-refractivity contribution in [3.63, 3.8) is 0 Å². The first-order valence-corrected chi connectivity index (χ1v) is 6.13. The Morgan fingerprint density at radius 1 is 1.21 bits per heavy atom. The lowest BCUT2D eigenvalue weighted by molar-refractivity contribution is 0.0697. The predicted octanol–water partition coefficient (Wildman–Crippen LogP) is 2.96. The fraction of sp³-hybridized carbons (Fsp3) is 0.286. The molecular weight excluding hydrogens is 264 g/mol. The fourth-order valence-electron chi connectivity index (χ4n) is 2.56. The largest absolute Gasteiger partial charge is 0.478 e. The fourth-order valence-corrected chi connectivity index (χ4v) is 2.56. The standard InChI is InChI=1S/C14H14N2O2.ClH/c17-14(18)11-9-15-12-6-2-1-5-10(12)13(11)16-7-3-4-8-16;/h1-2,5-6,9H,3-4,7-8H2,(H,17,18);1H. The van der Waals surface area contributed by atoms with E-state index in [1.54, 1.807) is 0 Å². The van der Waals surface area contributed by atoms with Gasteiger partial charge in [-0.15, -0.1) is 12.4 Å². The van der Waals surface area contributed by atoms with E-state index in [1.807, 2.05) is 24.3 Å². The van der Waals surface area contributed by atoms with Gasteiger partial charge in [0.1, 0.15) is 5.56 Å². The smallest absolute Gasteiger partial charge is 0.339 e. The Morgan fingerprint density at radius 3 is 2.58 bits per heavy atom. The average Bonchev–Trinajstić information content (AvgIpc) is 2.90. The van der Waals surface area contributed by atoms with Crippen molar-refractivity contribution in [2.75, 3.05) is 18.0 Å². The number of fused-ring (bicyclic) bond motifs is 1. The average molecular weight is 279 g/mol. The maximum atomic E-state index is 11.4. The van der Waals surface area contributed by atoms with E-state index in [-0.39, 0.29) is 12.4 Å². The summed E-state index contributed by atoms with van der Waals surface area (Å²) in [6.45, 7) is 1.85. The van der Waals surface area contributed by atoms with E-state index >= 15 is 0 Å². The van der Waals surface area contributed by atoms with Crippen LogP contribution in [0.25, 0.3) is 10.9 Å². The number of hydrogen-bond acceptors (Lipinski definition) is 3. The van der Waals surface area contributed by atoms with Crippen molar-refractivity contribution in [1.82, 2.24) is 4.98 Å². The molecule has 100 valence electrons. The number of rotatable bonds is 2. The highest BCUT2D eigenvalue weighted by Crippen LogP contribution is 2.31. The van der Waals surface area contributed by atoms with Crippen LogP contribution in [0, 0.1) is 0 Å². The van der Waals surface area contributed by atoms with E-state index in [1.165, 1.54) is 6.20 Å². The minimum atomic E-state index is -0.907. The maximum Gasteiger partial charge on any atom is 0.339 e.